The summed E-state index contributed by atoms with van der Waals surface area (Å²) in [5.74, 6) is 2.55. The van der Waals surface area contributed by atoms with Crippen LogP contribution in [0.4, 0.5) is 30.8 Å². The van der Waals surface area contributed by atoms with E-state index in [1.165, 1.54) is 24.5 Å². The molecule has 2 fully saturated rings. The SMILES string of the molecule is FC(F)(F)c1cccc(/C=C/c2nc(NC3=NCC(C4CC4)=C3)nc(N3CCN(c4ccncc4)CC3)n2)c1. The predicted molar refractivity (Wildman–Crippen MR) is 146 cm³/mol. The number of benzene rings is 1. The molecule has 1 saturated heterocycles. The molecule has 6 rings (SSSR count). The van der Waals surface area contributed by atoms with Gasteiger partial charge in [0.15, 0.2) is 5.82 Å². The molecular formula is C28H27F3N8. The van der Waals surface area contributed by atoms with Gasteiger partial charge < -0.3 is 15.1 Å². The van der Waals surface area contributed by atoms with Crippen molar-refractivity contribution in [1.29, 1.82) is 0 Å². The van der Waals surface area contributed by atoms with Crippen molar-refractivity contribution < 1.29 is 13.2 Å². The molecule has 11 heteroatoms. The van der Waals surface area contributed by atoms with Crippen LogP contribution in [0.1, 0.15) is 29.8 Å². The lowest BCUT2D eigenvalue weighted by molar-refractivity contribution is -0.137. The molecule has 1 saturated carbocycles. The molecule has 1 N–H and O–H groups in total. The van der Waals surface area contributed by atoms with Crippen LogP contribution in [0.25, 0.3) is 12.2 Å². The molecule has 8 nitrogen and oxygen atoms in total. The molecule has 4 heterocycles. The highest BCUT2D eigenvalue weighted by atomic mass is 19.4. The van der Waals surface area contributed by atoms with E-state index in [1.807, 2.05) is 12.1 Å². The summed E-state index contributed by atoms with van der Waals surface area (Å²) >= 11 is 0. The first-order valence-corrected chi connectivity index (χ1v) is 12.9. The van der Waals surface area contributed by atoms with Crippen LogP contribution in [0.2, 0.25) is 0 Å². The molecule has 0 unspecified atom stereocenters. The van der Waals surface area contributed by atoms with Gasteiger partial charge in [-0.15, -0.1) is 0 Å². The zero-order chi connectivity index (χ0) is 26.8. The number of aliphatic imine (C=N–C) groups is 1. The number of pyridine rings is 1. The van der Waals surface area contributed by atoms with Gasteiger partial charge in [-0.1, -0.05) is 18.2 Å². The maximum Gasteiger partial charge on any atom is 0.416 e. The first-order chi connectivity index (χ1) is 18.9. The second kappa shape index (κ2) is 10.5. The number of nitrogens with one attached hydrogen (secondary N) is 1. The van der Waals surface area contributed by atoms with E-state index in [0.717, 1.165) is 30.9 Å². The molecule has 0 radical (unpaired) electrons. The third kappa shape index (κ3) is 6.08. The van der Waals surface area contributed by atoms with Crippen LogP contribution in [0, 0.1) is 5.92 Å². The molecule has 3 aromatic rings. The smallest absolute Gasteiger partial charge is 0.368 e. The third-order valence-electron chi connectivity index (χ3n) is 6.97. The Morgan fingerprint density at radius 2 is 1.67 bits per heavy atom. The summed E-state index contributed by atoms with van der Waals surface area (Å²) in [6, 6.07) is 9.14. The van der Waals surface area contributed by atoms with Crippen molar-refractivity contribution in [2.75, 3.05) is 47.8 Å². The number of aromatic nitrogens is 4. The topological polar surface area (TPSA) is 82.4 Å². The molecule has 1 aliphatic carbocycles. The average molecular weight is 533 g/mol. The molecule has 0 spiro atoms. The van der Waals surface area contributed by atoms with E-state index in [9.17, 15) is 13.2 Å². The predicted octanol–water partition coefficient (Wildman–Crippen LogP) is 4.94. The maximum absolute atomic E-state index is 13.2. The van der Waals surface area contributed by atoms with Crippen LogP contribution in [-0.4, -0.2) is 58.5 Å². The fraction of sp³-hybridized carbons (Fsp3) is 0.321. The van der Waals surface area contributed by atoms with Gasteiger partial charge in [-0.25, -0.2) is 0 Å². The maximum atomic E-state index is 13.2. The Bertz CT molecular complexity index is 1420. The van der Waals surface area contributed by atoms with Gasteiger partial charge in [-0.3, -0.25) is 9.98 Å². The van der Waals surface area contributed by atoms with Crippen molar-refractivity contribution >= 4 is 35.6 Å². The van der Waals surface area contributed by atoms with Crippen LogP contribution < -0.4 is 15.1 Å². The number of hydrogen-bond acceptors (Lipinski definition) is 8. The lowest BCUT2D eigenvalue weighted by atomic mass is 10.1. The Labute approximate surface area is 224 Å². The van der Waals surface area contributed by atoms with Gasteiger partial charge in [0.25, 0.3) is 0 Å². The standard InChI is InChI=1S/C28H27F3N8/c29-28(30,31)22-3-1-2-19(16-22)4-7-24-34-26(35-25-17-21(18-33-25)20-5-6-20)37-27(36-24)39-14-12-38(13-15-39)23-8-10-32-11-9-23/h1-4,7-11,16-17,20H,5-6,12-15,18H2,(H,33,34,35,36,37)/b7-4+. The number of hydrogen-bond donors (Lipinski definition) is 1. The summed E-state index contributed by atoms with van der Waals surface area (Å²) in [5, 5.41) is 3.22. The summed E-state index contributed by atoms with van der Waals surface area (Å²) in [6.45, 7) is 3.66. The Morgan fingerprint density at radius 1 is 0.897 bits per heavy atom. The quantitative estimate of drug-likeness (QED) is 0.482. The Kier molecular flexibility index (Phi) is 6.72. The van der Waals surface area contributed by atoms with E-state index in [2.05, 4.69) is 46.1 Å². The number of piperazine rings is 1. The zero-order valence-corrected chi connectivity index (χ0v) is 21.1. The summed E-state index contributed by atoms with van der Waals surface area (Å²) in [5.41, 5.74) is 2.14. The van der Waals surface area contributed by atoms with E-state index in [4.69, 9.17) is 0 Å². The van der Waals surface area contributed by atoms with Crippen molar-refractivity contribution in [3.8, 4) is 0 Å². The number of halogens is 3. The zero-order valence-electron chi connectivity index (χ0n) is 21.1. The van der Waals surface area contributed by atoms with Crippen molar-refractivity contribution in [2.45, 2.75) is 19.0 Å². The van der Waals surface area contributed by atoms with Gasteiger partial charge in [-0.05, 0) is 66.3 Å². The second-order valence-corrected chi connectivity index (χ2v) is 9.77. The number of nitrogens with zero attached hydrogens (tertiary/aromatic N) is 7. The molecule has 2 aliphatic heterocycles. The molecule has 1 aromatic carbocycles. The van der Waals surface area contributed by atoms with Crippen molar-refractivity contribution in [2.24, 2.45) is 10.9 Å². The first kappa shape index (κ1) is 25.0. The van der Waals surface area contributed by atoms with Gasteiger partial charge in [0, 0.05) is 44.3 Å². The van der Waals surface area contributed by atoms with Crippen LogP contribution in [-0.2, 0) is 6.18 Å². The largest absolute Gasteiger partial charge is 0.416 e. The molecule has 2 aromatic heterocycles. The lowest BCUT2D eigenvalue weighted by Gasteiger charge is -2.36. The lowest BCUT2D eigenvalue weighted by Crippen LogP contribution is -2.47. The summed E-state index contributed by atoms with van der Waals surface area (Å²) in [4.78, 5) is 26.9. The number of amidine groups is 1. The highest BCUT2D eigenvalue weighted by molar-refractivity contribution is 6.05. The summed E-state index contributed by atoms with van der Waals surface area (Å²) < 4.78 is 39.5. The fourth-order valence-corrected chi connectivity index (χ4v) is 4.70. The van der Waals surface area contributed by atoms with Gasteiger partial charge >= 0.3 is 6.18 Å². The van der Waals surface area contributed by atoms with E-state index < -0.39 is 11.7 Å². The molecule has 3 aliphatic rings. The van der Waals surface area contributed by atoms with Gasteiger partial charge in [0.2, 0.25) is 11.9 Å². The van der Waals surface area contributed by atoms with E-state index in [1.54, 1.807) is 30.6 Å². The van der Waals surface area contributed by atoms with E-state index >= 15 is 0 Å². The Morgan fingerprint density at radius 3 is 2.41 bits per heavy atom. The molecule has 200 valence electrons. The molecule has 0 amide bonds. The van der Waals surface area contributed by atoms with Crippen molar-refractivity contribution in [3.63, 3.8) is 0 Å². The molecule has 39 heavy (non-hydrogen) atoms. The van der Waals surface area contributed by atoms with Crippen molar-refractivity contribution in [3.05, 3.63) is 77.4 Å². The first-order valence-electron chi connectivity index (χ1n) is 12.9. The third-order valence-corrected chi connectivity index (χ3v) is 6.97. The minimum Gasteiger partial charge on any atom is -0.368 e. The second-order valence-electron chi connectivity index (χ2n) is 9.77. The summed E-state index contributed by atoms with van der Waals surface area (Å²) in [6.07, 6.45) is 6.83. The van der Waals surface area contributed by atoms with Crippen molar-refractivity contribution in [1.82, 2.24) is 19.9 Å². The normalized spacial score (nSPS) is 17.9. The monoisotopic (exact) mass is 532 g/mol. The van der Waals surface area contributed by atoms with Gasteiger partial charge in [0.1, 0.15) is 5.84 Å². The Hall–Kier alpha value is -4.28. The van der Waals surface area contributed by atoms with Crippen LogP contribution in [0.3, 0.4) is 0 Å². The van der Waals surface area contributed by atoms with Gasteiger partial charge in [-0.2, -0.15) is 28.1 Å². The highest BCUT2D eigenvalue weighted by Crippen LogP contribution is 2.38. The van der Waals surface area contributed by atoms with Crippen LogP contribution >= 0.6 is 0 Å². The van der Waals surface area contributed by atoms with Crippen LogP contribution in [0.5, 0.6) is 0 Å². The molecule has 0 atom stereocenters. The van der Waals surface area contributed by atoms with E-state index in [0.29, 0.717) is 54.7 Å². The number of rotatable bonds is 6. The van der Waals surface area contributed by atoms with Gasteiger partial charge in [0.05, 0.1) is 12.1 Å². The summed E-state index contributed by atoms with van der Waals surface area (Å²) in [7, 11) is 0. The average Bonchev–Trinajstić information content (AvgIpc) is 3.70. The number of alkyl halides is 3. The molecular weight excluding hydrogens is 505 g/mol. The minimum absolute atomic E-state index is 0.349. The molecule has 0 bridgehead atoms. The van der Waals surface area contributed by atoms with E-state index in [-0.39, 0.29) is 0 Å². The number of anilines is 3. The minimum atomic E-state index is -4.41. The Balaban J connectivity index is 1.24. The van der Waals surface area contributed by atoms with Crippen LogP contribution in [0.15, 0.2) is 65.4 Å². The fourth-order valence-electron chi connectivity index (χ4n) is 4.70. The highest BCUT2D eigenvalue weighted by Gasteiger charge is 2.30.